The van der Waals surface area contributed by atoms with Gasteiger partial charge in [0.25, 0.3) is 5.56 Å². The lowest BCUT2D eigenvalue weighted by Crippen LogP contribution is -2.28. The minimum absolute atomic E-state index is 0.109. The van der Waals surface area contributed by atoms with Crippen LogP contribution in [0.15, 0.2) is 29.3 Å². The second kappa shape index (κ2) is 10.2. The topological polar surface area (TPSA) is 89.8 Å². The monoisotopic (exact) mass is 413 g/mol. The second-order valence-corrected chi connectivity index (χ2v) is 8.28. The van der Waals surface area contributed by atoms with Gasteiger partial charge in [-0.2, -0.15) is 0 Å². The number of nitrogens with zero attached hydrogens (tertiary/aromatic N) is 4. The molecule has 1 amide bonds. The summed E-state index contributed by atoms with van der Waals surface area (Å²) in [6.07, 6.45) is 9.67. The van der Waals surface area contributed by atoms with Gasteiger partial charge in [-0.25, -0.2) is 4.98 Å². The van der Waals surface area contributed by atoms with Crippen LogP contribution in [0.3, 0.4) is 0 Å². The van der Waals surface area contributed by atoms with E-state index in [9.17, 15) is 9.59 Å². The first-order valence-electron chi connectivity index (χ1n) is 10.2. The number of anilines is 1. The average Bonchev–Trinajstić information content (AvgIpc) is 3.14. The summed E-state index contributed by atoms with van der Waals surface area (Å²) in [5.74, 6) is -0.317. The highest BCUT2D eigenvalue weighted by Gasteiger charge is 2.12. The van der Waals surface area contributed by atoms with Crippen LogP contribution >= 0.6 is 11.3 Å². The zero-order valence-corrected chi connectivity index (χ0v) is 17.8. The van der Waals surface area contributed by atoms with E-state index in [2.05, 4.69) is 27.4 Å². The zero-order chi connectivity index (χ0) is 20.6. The number of carbonyl (C=O) groups excluding carboxylic acids is 1. The molecule has 1 N–H and O–H groups in total. The van der Waals surface area contributed by atoms with E-state index in [1.807, 2.05) is 19.1 Å². The van der Waals surface area contributed by atoms with Gasteiger partial charge in [-0.05, 0) is 25.0 Å². The molecule has 0 aliphatic carbocycles. The first kappa shape index (κ1) is 21.1. The minimum Gasteiger partial charge on any atom is -0.299 e. The van der Waals surface area contributed by atoms with Crippen molar-refractivity contribution in [3.63, 3.8) is 0 Å². The molecule has 0 saturated carbocycles. The fraction of sp³-hybridized carbons (Fsp3) is 0.476. The lowest BCUT2D eigenvalue weighted by atomic mass is 10.1. The Hall–Kier alpha value is -2.61. The lowest BCUT2D eigenvalue weighted by Gasteiger charge is -2.07. The van der Waals surface area contributed by atoms with E-state index < -0.39 is 0 Å². The number of aryl methyl sites for hydroxylation is 2. The SMILES string of the molecule is CCCCCCCCc1nnc(NC(=O)Cn2cnc3c(C)cccc3c2=O)s1. The van der Waals surface area contributed by atoms with Gasteiger partial charge in [0.05, 0.1) is 17.2 Å². The Morgan fingerprint density at radius 1 is 1.14 bits per heavy atom. The van der Waals surface area contributed by atoms with E-state index in [0.29, 0.717) is 16.0 Å². The maximum absolute atomic E-state index is 12.6. The van der Waals surface area contributed by atoms with Crippen molar-refractivity contribution in [3.8, 4) is 0 Å². The van der Waals surface area contributed by atoms with E-state index in [0.717, 1.165) is 23.4 Å². The number of carbonyl (C=O) groups is 1. The van der Waals surface area contributed by atoms with Crippen LogP contribution in [0.25, 0.3) is 10.9 Å². The molecule has 0 radical (unpaired) electrons. The largest absolute Gasteiger partial charge is 0.299 e. The van der Waals surface area contributed by atoms with Crippen LogP contribution in [0.4, 0.5) is 5.13 Å². The summed E-state index contributed by atoms with van der Waals surface area (Å²) in [6.45, 7) is 4.01. The van der Waals surface area contributed by atoms with Gasteiger partial charge < -0.3 is 0 Å². The number of rotatable bonds is 10. The molecule has 0 atom stereocenters. The number of amides is 1. The molecule has 0 saturated heterocycles. The molecule has 154 valence electrons. The zero-order valence-electron chi connectivity index (χ0n) is 17.0. The molecule has 3 rings (SSSR count). The average molecular weight is 414 g/mol. The normalized spacial score (nSPS) is 11.1. The molecule has 3 aromatic rings. The smallest absolute Gasteiger partial charge is 0.261 e. The third-order valence-electron chi connectivity index (χ3n) is 4.83. The third-order valence-corrected chi connectivity index (χ3v) is 5.73. The van der Waals surface area contributed by atoms with Crippen molar-refractivity contribution < 1.29 is 4.79 Å². The highest BCUT2D eigenvalue weighted by atomic mass is 32.1. The summed E-state index contributed by atoms with van der Waals surface area (Å²) in [5.41, 5.74) is 1.37. The van der Waals surface area contributed by atoms with Crippen LogP contribution in [-0.4, -0.2) is 25.7 Å². The van der Waals surface area contributed by atoms with Gasteiger partial charge in [-0.15, -0.1) is 10.2 Å². The molecule has 0 bridgehead atoms. The van der Waals surface area contributed by atoms with Gasteiger partial charge in [0.1, 0.15) is 11.6 Å². The Bertz CT molecular complexity index is 1030. The molecule has 0 fully saturated rings. The van der Waals surface area contributed by atoms with E-state index in [1.165, 1.54) is 54.3 Å². The minimum atomic E-state index is -0.317. The first-order valence-corrected chi connectivity index (χ1v) is 11.0. The van der Waals surface area contributed by atoms with Crippen LogP contribution in [0.2, 0.25) is 0 Å². The van der Waals surface area contributed by atoms with Crippen LogP contribution in [0, 0.1) is 6.92 Å². The quantitative estimate of drug-likeness (QED) is 0.506. The summed E-state index contributed by atoms with van der Waals surface area (Å²) in [6, 6.07) is 5.45. The highest BCUT2D eigenvalue weighted by molar-refractivity contribution is 7.15. The molecule has 29 heavy (non-hydrogen) atoms. The molecule has 8 heteroatoms. The van der Waals surface area contributed by atoms with E-state index >= 15 is 0 Å². The number of fused-ring (bicyclic) bond motifs is 1. The molecule has 0 unspecified atom stereocenters. The van der Waals surface area contributed by atoms with E-state index in [-0.39, 0.29) is 18.0 Å². The first-order chi connectivity index (χ1) is 14.1. The molecule has 0 aliphatic rings. The van der Waals surface area contributed by atoms with Crippen LogP contribution < -0.4 is 10.9 Å². The van der Waals surface area contributed by atoms with Crippen molar-refractivity contribution in [2.75, 3.05) is 5.32 Å². The Morgan fingerprint density at radius 3 is 2.76 bits per heavy atom. The van der Waals surface area contributed by atoms with Crippen LogP contribution in [-0.2, 0) is 17.8 Å². The molecule has 1 aromatic carbocycles. The van der Waals surface area contributed by atoms with Crippen molar-refractivity contribution in [2.24, 2.45) is 0 Å². The molecule has 0 spiro atoms. The number of hydrogen-bond donors (Lipinski definition) is 1. The Kier molecular flexibility index (Phi) is 7.46. The summed E-state index contributed by atoms with van der Waals surface area (Å²) >= 11 is 1.39. The van der Waals surface area contributed by atoms with Crippen molar-refractivity contribution in [3.05, 3.63) is 45.5 Å². The maximum atomic E-state index is 12.6. The number of unbranched alkanes of at least 4 members (excludes halogenated alkanes) is 5. The van der Waals surface area contributed by atoms with Crippen molar-refractivity contribution in [1.29, 1.82) is 0 Å². The predicted molar refractivity (Wildman–Crippen MR) is 116 cm³/mol. The fourth-order valence-electron chi connectivity index (χ4n) is 3.23. The lowest BCUT2D eigenvalue weighted by molar-refractivity contribution is -0.116. The van der Waals surface area contributed by atoms with Crippen LogP contribution in [0.1, 0.15) is 56.0 Å². The number of nitrogens with one attached hydrogen (secondary N) is 1. The van der Waals surface area contributed by atoms with E-state index in [1.54, 1.807) is 6.07 Å². The fourth-order valence-corrected chi connectivity index (χ4v) is 4.02. The third kappa shape index (κ3) is 5.69. The number of benzene rings is 1. The molecule has 2 heterocycles. The number of hydrogen-bond acceptors (Lipinski definition) is 6. The van der Waals surface area contributed by atoms with Crippen molar-refractivity contribution in [1.82, 2.24) is 19.7 Å². The Morgan fingerprint density at radius 2 is 1.93 bits per heavy atom. The Balaban J connectivity index is 1.54. The standard InChI is InChI=1S/C21H27N5O2S/c1-3-4-5-6-7-8-12-18-24-25-21(29-18)23-17(27)13-26-14-22-19-15(2)10-9-11-16(19)20(26)28/h9-11,14H,3-8,12-13H2,1-2H3,(H,23,25,27). The predicted octanol–water partition coefficient (Wildman–Crippen LogP) is 4.10. The second-order valence-electron chi connectivity index (χ2n) is 7.22. The number of para-hydroxylation sites is 1. The summed E-state index contributed by atoms with van der Waals surface area (Å²) in [7, 11) is 0. The molecule has 7 nitrogen and oxygen atoms in total. The van der Waals surface area contributed by atoms with Crippen molar-refractivity contribution in [2.45, 2.75) is 65.3 Å². The molecular formula is C21H27N5O2S. The van der Waals surface area contributed by atoms with Gasteiger partial charge in [-0.1, -0.05) is 62.5 Å². The molecule has 0 aliphatic heterocycles. The Labute approximate surface area is 174 Å². The highest BCUT2D eigenvalue weighted by Crippen LogP contribution is 2.18. The summed E-state index contributed by atoms with van der Waals surface area (Å²) in [5, 5.41) is 12.8. The van der Waals surface area contributed by atoms with Crippen LogP contribution in [0.5, 0.6) is 0 Å². The van der Waals surface area contributed by atoms with Gasteiger partial charge >= 0.3 is 0 Å². The summed E-state index contributed by atoms with van der Waals surface area (Å²) in [4.78, 5) is 29.3. The van der Waals surface area contributed by atoms with Gasteiger partial charge in [0.15, 0.2) is 0 Å². The van der Waals surface area contributed by atoms with Crippen molar-refractivity contribution >= 4 is 33.3 Å². The molecule has 2 aromatic heterocycles. The van der Waals surface area contributed by atoms with Gasteiger partial charge in [0, 0.05) is 6.42 Å². The van der Waals surface area contributed by atoms with E-state index in [4.69, 9.17) is 0 Å². The van der Waals surface area contributed by atoms with Gasteiger partial charge in [0.2, 0.25) is 11.0 Å². The maximum Gasteiger partial charge on any atom is 0.261 e. The molecular weight excluding hydrogens is 386 g/mol. The summed E-state index contributed by atoms with van der Waals surface area (Å²) < 4.78 is 1.31. The number of aromatic nitrogens is 4. The van der Waals surface area contributed by atoms with Gasteiger partial charge in [-0.3, -0.25) is 19.5 Å².